The summed E-state index contributed by atoms with van der Waals surface area (Å²) in [6.45, 7) is 2.88. The lowest BCUT2D eigenvalue weighted by Crippen LogP contribution is -2.31. The van der Waals surface area contributed by atoms with E-state index in [2.05, 4.69) is 32.7 Å². The van der Waals surface area contributed by atoms with Gasteiger partial charge in [0.05, 0.1) is 30.3 Å². The molecule has 7 nitrogen and oxygen atoms in total. The summed E-state index contributed by atoms with van der Waals surface area (Å²) in [6.07, 6.45) is 9.77. The molecular formula is C25H26F2N6O. The van der Waals surface area contributed by atoms with Gasteiger partial charge in [0.25, 0.3) is 5.91 Å². The largest absolute Gasteiger partial charge is 0.320 e. The molecule has 0 unspecified atom stereocenters. The first-order valence-electron chi connectivity index (χ1n) is 11.4. The van der Waals surface area contributed by atoms with Crippen molar-refractivity contribution in [3.63, 3.8) is 0 Å². The molecule has 5 rings (SSSR count). The number of piperidine rings is 1. The molecule has 0 bridgehead atoms. The highest BCUT2D eigenvalue weighted by molar-refractivity contribution is 6.25. The zero-order valence-corrected chi connectivity index (χ0v) is 18.9. The van der Waals surface area contributed by atoms with E-state index in [-0.39, 0.29) is 11.5 Å². The van der Waals surface area contributed by atoms with Crippen molar-refractivity contribution in [1.82, 2.24) is 25.0 Å². The Morgan fingerprint density at radius 3 is 2.74 bits per heavy atom. The van der Waals surface area contributed by atoms with Crippen LogP contribution in [0.2, 0.25) is 0 Å². The summed E-state index contributed by atoms with van der Waals surface area (Å²) in [4.78, 5) is 19.2. The number of carbonyl (C=O) groups is 1. The molecule has 0 spiro atoms. The first kappa shape index (κ1) is 22.4. The number of pyridine rings is 1. The quantitative estimate of drug-likeness (QED) is 0.617. The number of likely N-dealkylation sites (tertiary alicyclic amines) is 1. The number of aromatic nitrogens is 3. The lowest BCUT2D eigenvalue weighted by atomic mass is 9.94. The number of carbonyl (C=O) groups excluding carboxylic acids is 1. The first-order chi connectivity index (χ1) is 16.5. The van der Waals surface area contributed by atoms with Gasteiger partial charge in [0.1, 0.15) is 11.6 Å². The maximum absolute atomic E-state index is 15.2. The average Bonchev–Trinajstić information content (AvgIpc) is 3.20. The second-order valence-corrected chi connectivity index (χ2v) is 8.83. The number of hydrogen-bond donors (Lipinski definition) is 2. The van der Waals surface area contributed by atoms with E-state index in [1.165, 1.54) is 18.3 Å². The van der Waals surface area contributed by atoms with Crippen LogP contribution >= 0.6 is 0 Å². The number of hydrogen-bond acceptors (Lipinski definition) is 5. The molecule has 34 heavy (non-hydrogen) atoms. The molecule has 3 aromatic rings. The summed E-state index contributed by atoms with van der Waals surface area (Å²) in [7, 11) is 2.11. The summed E-state index contributed by atoms with van der Waals surface area (Å²) in [6, 6.07) is 4.68. The Kier molecular flexibility index (Phi) is 6.21. The molecule has 1 amide bonds. The van der Waals surface area contributed by atoms with Crippen molar-refractivity contribution in [2.45, 2.75) is 25.4 Å². The van der Waals surface area contributed by atoms with E-state index in [9.17, 15) is 9.18 Å². The number of benzene rings is 1. The maximum atomic E-state index is 15.2. The van der Waals surface area contributed by atoms with Gasteiger partial charge in [0, 0.05) is 42.1 Å². The molecule has 1 fully saturated rings. The zero-order chi connectivity index (χ0) is 23.7. The SMILES string of the molecule is CN1CCC(n2cc(-c3cc4c(cc3F)CNCC=C4C(=O)Nc3cncc(F)c3)cn2)CC1. The summed E-state index contributed by atoms with van der Waals surface area (Å²) < 4.78 is 30.6. The molecule has 2 aliphatic heterocycles. The first-order valence-corrected chi connectivity index (χ1v) is 11.4. The second kappa shape index (κ2) is 9.44. The van der Waals surface area contributed by atoms with Crippen molar-refractivity contribution in [3.8, 4) is 11.1 Å². The van der Waals surface area contributed by atoms with E-state index in [1.807, 2.05) is 10.9 Å². The monoisotopic (exact) mass is 464 g/mol. The van der Waals surface area contributed by atoms with Crippen molar-refractivity contribution in [3.05, 3.63) is 71.8 Å². The van der Waals surface area contributed by atoms with Crippen LogP contribution < -0.4 is 10.6 Å². The Morgan fingerprint density at radius 2 is 1.94 bits per heavy atom. The van der Waals surface area contributed by atoms with Gasteiger partial charge in [-0.25, -0.2) is 8.78 Å². The Labute approximate surface area is 196 Å². The number of amides is 1. The highest BCUT2D eigenvalue weighted by atomic mass is 19.1. The fraction of sp³-hybridized carbons (Fsp3) is 0.320. The van der Waals surface area contributed by atoms with Crippen LogP contribution in [0.5, 0.6) is 0 Å². The van der Waals surface area contributed by atoms with Crippen molar-refractivity contribution >= 4 is 17.2 Å². The van der Waals surface area contributed by atoms with Crippen molar-refractivity contribution in [2.24, 2.45) is 0 Å². The maximum Gasteiger partial charge on any atom is 0.256 e. The molecule has 0 radical (unpaired) electrons. The van der Waals surface area contributed by atoms with Gasteiger partial charge in [0.15, 0.2) is 0 Å². The summed E-state index contributed by atoms with van der Waals surface area (Å²) in [5.74, 6) is -1.31. The average molecular weight is 465 g/mol. The van der Waals surface area contributed by atoms with Gasteiger partial charge in [-0.1, -0.05) is 6.08 Å². The van der Waals surface area contributed by atoms with Crippen molar-refractivity contribution < 1.29 is 13.6 Å². The molecule has 176 valence electrons. The third kappa shape index (κ3) is 4.62. The standard InChI is InChI=1S/C25H26F2N6O/c1-32-6-3-20(4-7-32)33-15-17(12-30-33)23-10-22-16(8-24(23)27)11-28-5-2-21(22)25(34)31-19-9-18(26)13-29-14-19/h2,8-10,12-15,20,28H,3-7,11H2,1H3,(H,31,34). The number of rotatable bonds is 4. The molecule has 4 heterocycles. The van der Waals surface area contributed by atoms with Crippen LogP contribution in [0.25, 0.3) is 16.7 Å². The summed E-state index contributed by atoms with van der Waals surface area (Å²) in [5, 5.41) is 10.4. The van der Waals surface area contributed by atoms with Crippen LogP contribution in [0.15, 0.2) is 49.1 Å². The Morgan fingerprint density at radius 1 is 1.12 bits per heavy atom. The fourth-order valence-corrected chi connectivity index (χ4v) is 4.55. The fourth-order valence-electron chi connectivity index (χ4n) is 4.55. The topological polar surface area (TPSA) is 75.1 Å². The molecule has 2 aliphatic rings. The highest BCUT2D eigenvalue weighted by Crippen LogP contribution is 2.32. The highest BCUT2D eigenvalue weighted by Gasteiger charge is 2.23. The molecule has 1 saturated heterocycles. The minimum atomic E-state index is -0.541. The number of anilines is 1. The van der Waals surface area contributed by atoms with E-state index >= 15 is 4.39 Å². The van der Waals surface area contributed by atoms with Crippen molar-refractivity contribution in [1.29, 1.82) is 0 Å². The van der Waals surface area contributed by atoms with Crippen LogP contribution in [0.1, 0.15) is 30.0 Å². The van der Waals surface area contributed by atoms with Gasteiger partial charge in [-0.05, 0) is 56.2 Å². The second-order valence-electron chi connectivity index (χ2n) is 8.83. The lowest BCUT2D eigenvalue weighted by molar-refractivity contribution is -0.111. The van der Waals surface area contributed by atoms with E-state index in [0.29, 0.717) is 47.0 Å². The van der Waals surface area contributed by atoms with E-state index in [4.69, 9.17) is 0 Å². The molecular weight excluding hydrogens is 438 g/mol. The van der Waals surface area contributed by atoms with Gasteiger partial charge >= 0.3 is 0 Å². The molecule has 9 heteroatoms. The van der Waals surface area contributed by atoms with Crippen LogP contribution in [-0.2, 0) is 11.3 Å². The van der Waals surface area contributed by atoms with Crippen LogP contribution in [0.3, 0.4) is 0 Å². The number of fused-ring (bicyclic) bond motifs is 1. The number of nitrogens with zero attached hydrogens (tertiary/aromatic N) is 4. The molecule has 0 aliphatic carbocycles. The predicted octanol–water partition coefficient (Wildman–Crippen LogP) is 3.62. The molecule has 2 N–H and O–H groups in total. The third-order valence-electron chi connectivity index (χ3n) is 6.43. The Balaban J connectivity index is 1.46. The van der Waals surface area contributed by atoms with Gasteiger partial charge in [0.2, 0.25) is 0 Å². The number of nitrogens with one attached hydrogen (secondary N) is 2. The van der Waals surface area contributed by atoms with E-state index in [1.54, 1.807) is 18.3 Å². The van der Waals surface area contributed by atoms with Gasteiger partial charge in [-0.3, -0.25) is 14.5 Å². The van der Waals surface area contributed by atoms with Crippen LogP contribution in [-0.4, -0.2) is 52.3 Å². The van der Waals surface area contributed by atoms with Gasteiger partial charge < -0.3 is 15.5 Å². The van der Waals surface area contributed by atoms with Crippen LogP contribution in [0, 0.1) is 11.6 Å². The van der Waals surface area contributed by atoms with Gasteiger partial charge in [-0.2, -0.15) is 5.10 Å². The third-order valence-corrected chi connectivity index (χ3v) is 6.43. The number of halogens is 2. The normalized spacial score (nSPS) is 17.1. The Hall–Kier alpha value is -3.43. The Bertz CT molecular complexity index is 1250. The molecule has 1 aromatic carbocycles. The van der Waals surface area contributed by atoms with E-state index < -0.39 is 11.7 Å². The summed E-state index contributed by atoms with van der Waals surface area (Å²) in [5.41, 5.74) is 3.03. The van der Waals surface area contributed by atoms with E-state index in [0.717, 1.165) is 32.1 Å². The van der Waals surface area contributed by atoms with Crippen molar-refractivity contribution in [2.75, 3.05) is 32.0 Å². The van der Waals surface area contributed by atoms with Crippen LogP contribution in [0.4, 0.5) is 14.5 Å². The summed E-state index contributed by atoms with van der Waals surface area (Å²) >= 11 is 0. The van der Waals surface area contributed by atoms with Gasteiger partial charge in [-0.15, -0.1) is 0 Å². The molecule has 2 aromatic heterocycles. The zero-order valence-electron chi connectivity index (χ0n) is 18.9. The molecule has 0 atom stereocenters. The predicted molar refractivity (Wildman–Crippen MR) is 126 cm³/mol. The lowest BCUT2D eigenvalue weighted by Gasteiger charge is -2.28. The smallest absolute Gasteiger partial charge is 0.256 e. The minimum absolute atomic E-state index is 0.256. The minimum Gasteiger partial charge on any atom is -0.320 e. The molecule has 0 saturated carbocycles.